The minimum absolute atomic E-state index is 0. The number of aliphatic carboxylic acids is 1. The number of halogens is 1. The smallest absolute Gasteiger partial charge is 0.320 e. The van der Waals surface area contributed by atoms with Crippen LogP contribution in [0.5, 0.6) is 0 Å². The Morgan fingerprint density at radius 1 is 0.909 bits per heavy atom. The van der Waals surface area contributed by atoms with E-state index in [1.165, 1.54) is 6.20 Å². The zero-order valence-electron chi connectivity index (χ0n) is 24.7. The van der Waals surface area contributed by atoms with Crippen LogP contribution < -0.4 is 23.9 Å². The molecule has 1 saturated carbocycles. The number of carbonyl (C=O) groups is 2. The first-order valence-electron chi connectivity index (χ1n) is 13.2. The fourth-order valence-electron chi connectivity index (χ4n) is 3.65. The largest absolute Gasteiger partial charge is 1.00 e. The zero-order chi connectivity index (χ0) is 32.9. The summed E-state index contributed by atoms with van der Waals surface area (Å²) < 4.78 is 0.844. The first-order chi connectivity index (χ1) is 20.0. The Balaban J connectivity index is 0.000000579. The van der Waals surface area contributed by atoms with Gasteiger partial charge in [0.1, 0.15) is 49.2 Å². The number of aliphatic hydroxyl groups excluding tert-OH is 7. The monoisotopic (exact) mass is 645 g/mol. The van der Waals surface area contributed by atoms with Gasteiger partial charge in [-0.3, -0.25) is 14.6 Å². The van der Waals surface area contributed by atoms with Crippen LogP contribution in [0.1, 0.15) is 15.9 Å². The highest BCUT2D eigenvalue weighted by molar-refractivity contribution is 5.92. The molecule has 0 bridgehead atoms. The van der Waals surface area contributed by atoms with Crippen molar-refractivity contribution in [2.24, 2.45) is 11.5 Å². The van der Waals surface area contributed by atoms with E-state index in [2.05, 4.69) is 31.1 Å². The van der Waals surface area contributed by atoms with Crippen LogP contribution in [-0.2, 0) is 11.2 Å². The highest BCUT2D eigenvalue weighted by atomic mass is 35.5. The number of primary amides is 1. The average Bonchev–Trinajstić information content (AvgIpc) is 3.37. The van der Waals surface area contributed by atoms with Gasteiger partial charge in [0.05, 0.1) is 33.3 Å². The Labute approximate surface area is 261 Å². The van der Waals surface area contributed by atoms with Crippen LogP contribution in [0.2, 0.25) is 0 Å². The van der Waals surface area contributed by atoms with Crippen molar-refractivity contribution >= 4 is 22.8 Å². The maximum Gasteiger partial charge on any atom is 0.320 e. The Hall–Kier alpha value is -3.22. The van der Waals surface area contributed by atoms with Gasteiger partial charge in [-0.25, -0.2) is 0 Å². The van der Waals surface area contributed by atoms with Gasteiger partial charge in [-0.2, -0.15) is 0 Å². The molecular formula is C28H44ClN5O10. The van der Waals surface area contributed by atoms with E-state index in [1.54, 1.807) is 18.3 Å². The number of aromatic nitrogens is 2. The lowest BCUT2D eigenvalue weighted by molar-refractivity contribution is -0.870. The first-order valence-corrected chi connectivity index (χ1v) is 13.2. The molecule has 4 rings (SSSR count). The molecule has 1 fully saturated rings. The lowest BCUT2D eigenvalue weighted by atomic mass is 9.85. The quantitative estimate of drug-likeness (QED) is 0.112. The van der Waals surface area contributed by atoms with E-state index >= 15 is 0 Å². The second-order valence-corrected chi connectivity index (χ2v) is 10.8. The number of para-hydroxylation sites is 1. The Morgan fingerprint density at radius 3 is 1.75 bits per heavy atom. The molecule has 1 aromatic carbocycles. The molecule has 3 aromatic rings. The summed E-state index contributed by atoms with van der Waals surface area (Å²) in [4.78, 5) is 27.8. The second-order valence-electron chi connectivity index (χ2n) is 10.8. The van der Waals surface area contributed by atoms with E-state index in [1.807, 2.05) is 30.5 Å². The number of likely N-dealkylation sites (N-methyl/N-ethyl adjacent to an activating group) is 1. The van der Waals surface area contributed by atoms with Crippen molar-refractivity contribution in [3.63, 3.8) is 0 Å². The number of nitrogens with two attached hydrogens (primary N) is 2. The molecule has 1 aliphatic carbocycles. The lowest BCUT2D eigenvalue weighted by Crippen LogP contribution is -3.00. The van der Waals surface area contributed by atoms with Gasteiger partial charge in [0.2, 0.25) is 5.91 Å². The Morgan fingerprint density at radius 2 is 1.41 bits per heavy atom. The second kappa shape index (κ2) is 19.2. The number of carboxylic acid groups (broad SMARTS) is 1. The van der Waals surface area contributed by atoms with E-state index in [-0.39, 0.29) is 19.0 Å². The predicted octanol–water partition coefficient (Wildman–Crippen LogP) is -5.84. The van der Waals surface area contributed by atoms with Gasteiger partial charge in [0.25, 0.3) is 0 Å². The summed E-state index contributed by atoms with van der Waals surface area (Å²) in [5.74, 6) is -1.41. The van der Waals surface area contributed by atoms with E-state index in [9.17, 15) is 9.59 Å². The molecule has 248 valence electrons. The van der Waals surface area contributed by atoms with Gasteiger partial charge in [-0.15, -0.1) is 0 Å². The molecule has 44 heavy (non-hydrogen) atoms. The zero-order valence-corrected chi connectivity index (χ0v) is 25.4. The van der Waals surface area contributed by atoms with Crippen LogP contribution in [-0.4, -0.2) is 144 Å². The molecule has 0 unspecified atom stereocenters. The van der Waals surface area contributed by atoms with E-state index < -0.39 is 54.5 Å². The highest BCUT2D eigenvalue weighted by Gasteiger charge is 2.47. The van der Waals surface area contributed by atoms with Crippen LogP contribution in [0, 0.1) is 0 Å². The van der Waals surface area contributed by atoms with Gasteiger partial charge in [-0.1, -0.05) is 18.2 Å². The maximum absolute atomic E-state index is 10.6. The van der Waals surface area contributed by atoms with E-state index in [0.717, 1.165) is 27.5 Å². The molecule has 2 aromatic heterocycles. The van der Waals surface area contributed by atoms with E-state index in [0.29, 0.717) is 12.0 Å². The standard InChI is InChI=1S/C11H12N2O2.C6H6N2O.C6H12O6.C5H14NO.ClH/c12-9(11(14)15)5-7-6-13-10-4-2-1-3-8(7)10;7-6(9)5-2-1-3-8-4-5;7-1-2(8)4(10)6(12)5(11)3(1)9;1-6(2,3)4-5-7;/h1-4,6,9,13H,5,12H2,(H,14,15);1-4H,(H2,7,9);1-12H;7H,4-5H2,1-3H3;1H/q;;;+1;/p-1/t9-;;1-,2-,3-,4+,5-,6-;;/m0..../s1. The Kier molecular flexibility index (Phi) is 17.8. The number of benzene rings is 1. The molecule has 0 spiro atoms. The van der Waals surface area contributed by atoms with Crippen molar-refractivity contribution in [2.75, 3.05) is 34.3 Å². The summed E-state index contributed by atoms with van der Waals surface area (Å²) >= 11 is 0. The number of hydrogen-bond acceptors (Lipinski definition) is 11. The number of nitrogens with zero attached hydrogens (tertiary/aromatic N) is 2. The Bertz CT molecular complexity index is 1200. The number of rotatable bonds is 6. The molecular weight excluding hydrogens is 602 g/mol. The number of aromatic amines is 1. The third kappa shape index (κ3) is 13.2. The predicted molar refractivity (Wildman–Crippen MR) is 156 cm³/mol. The summed E-state index contributed by atoms with van der Waals surface area (Å²) in [6, 6.07) is 10.2. The lowest BCUT2D eigenvalue weighted by Gasteiger charge is -2.39. The summed E-state index contributed by atoms with van der Waals surface area (Å²) in [7, 11) is 6.16. The van der Waals surface area contributed by atoms with Gasteiger partial charge in [-0.05, 0) is 23.8 Å². The summed E-state index contributed by atoms with van der Waals surface area (Å²) in [5, 5.41) is 72.0. The summed E-state index contributed by atoms with van der Waals surface area (Å²) in [5.41, 5.74) is 12.8. The van der Waals surface area contributed by atoms with Crippen molar-refractivity contribution in [1.82, 2.24) is 9.97 Å². The van der Waals surface area contributed by atoms with Gasteiger partial charge in [0.15, 0.2) is 0 Å². The van der Waals surface area contributed by atoms with Crippen LogP contribution in [0.15, 0.2) is 55.0 Å². The fraction of sp³-hybridized carbons (Fsp3) is 0.464. The third-order valence-corrected chi connectivity index (χ3v) is 6.25. The number of hydrogen-bond donors (Lipinski definition) is 11. The van der Waals surface area contributed by atoms with Crippen molar-refractivity contribution in [2.45, 2.75) is 49.1 Å². The topological polar surface area (TPSA) is 277 Å². The normalized spacial score (nSPS) is 23.2. The minimum atomic E-state index is -1.64. The van der Waals surface area contributed by atoms with Crippen molar-refractivity contribution < 1.29 is 67.3 Å². The number of carbonyl (C=O) groups excluding carboxylic acids is 1. The number of carboxylic acids is 1. The molecule has 1 amide bonds. The number of H-pyrrole nitrogens is 1. The molecule has 0 radical (unpaired) electrons. The summed E-state index contributed by atoms with van der Waals surface area (Å²) in [6.45, 7) is 1.11. The average molecular weight is 646 g/mol. The molecule has 16 heteroatoms. The van der Waals surface area contributed by atoms with Crippen molar-refractivity contribution in [3.05, 3.63) is 66.1 Å². The number of pyridine rings is 1. The number of nitrogens with one attached hydrogen (secondary N) is 1. The van der Waals surface area contributed by atoms with Gasteiger partial charge >= 0.3 is 5.97 Å². The number of amides is 1. The molecule has 2 heterocycles. The highest BCUT2D eigenvalue weighted by Crippen LogP contribution is 2.21. The number of quaternary nitrogens is 1. The molecule has 0 aliphatic heterocycles. The third-order valence-electron chi connectivity index (χ3n) is 6.25. The van der Waals surface area contributed by atoms with Gasteiger partial charge in [0, 0.05) is 35.9 Å². The number of aliphatic hydroxyl groups is 7. The van der Waals surface area contributed by atoms with Gasteiger partial charge < -0.3 is 74.2 Å². The fourth-order valence-corrected chi connectivity index (χ4v) is 3.65. The van der Waals surface area contributed by atoms with Crippen LogP contribution in [0.3, 0.4) is 0 Å². The molecule has 1 atom stereocenters. The van der Waals surface area contributed by atoms with Crippen molar-refractivity contribution in [1.29, 1.82) is 0 Å². The van der Waals surface area contributed by atoms with Crippen molar-refractivity contribution in [3.8, 4) is 0 Å². The molecule has 13 N–H and O–H groups in total. The summed E-state index contributed by atoms with van der Waals surface area (Å²) in [6.07, 6.45) is -4.66. The van der Waals surface area contributed by atoms with E-state index in [4.69, 9.17) is 52.3 Å². The SMILES string of the molecule is C[N+](C)(C)CCO.NC(=O)c1cccnc1.N[C@@H](Cc1c[nH]c2ccccc12)C(=O)O.O[C@H]1[C@H](O)[C@@H](O)[C@H](O)[C@@H](O)[C@H]1O.[Cl-]. The van der Waals surface area contributed by atoms with Crippen LogP contribution in [0.4, 0.5) is 0 Å². The number of fused-ring (bicyclic) bond motifs is 1. The first kappa shape index (κ1) is 40.8. The molecule has 0 saturated heterocycles. The maximum atomic E-state index is 10.6. The minimum Gasteiger partial charge on any atom is -1.00 e. The molecule has 1 aliphatic rings. The van der Waals surface area contributed by atoms with Crippen LogP contribution >= 0.6 is 0 Å². The van der Waals surface area contributed by atoms with Crippen LogP contribution in [0.25, 0.3) is 10.9 Å². The molecule has 15 nitrogen and oxygen atoms in total.